The van der Waals surface area contributed by atoms with Gasteiger partial charge in [-0.25, -0.2) is 8.78 Å². The van der Waals surface area contributed by atoms with E-state index in [4.69, 9.17) is 0 Å². The van der Waals surface area contributed by atoms with Gasteiger partial charge in [0.1, 0.15) is 0 Å². The number of rotatable bonds is 5. The molecule has 0 bridgehead atoms. The SMILES string of the molecule is CNC(c1ccc(F)c(F)c1)C(CO)C(C)C. The average Bonchev–Trinajstić information content (AvgIpc) is 2.29. The zero-order valence-corrected chi connectivity index (χ0v) is 10.4. The second-order valence-electron chi connectivity index (χ2n) is 4.53. The molecule has 0 amide bonds. The molecule has 1 aromatic rings. The highest BCUT2D eigenvalue weighted by Gasteiger charge is 2.24. The molecule has 0 aliphatic heterocycles. The first-order chi connectivity index (χ1) is 8.01. The molecule has 0 aromatic heterocycles. The Morgan fingerprint density at radius 2 is 1.88 bits per heavy atom. The van der Waals surface area contributed by atoms with Crippen molar-refractivity contribution in [2.45, 2.75) is 19.9 Å². The van der Waals surface area contributed by atoms with Crippen LogP contribution in [0.1, 0.15) is 25.5 Å². The molecule has 2 atom stereocenters. The first-order valence-corrected chi connectivity index (χ1v) is 5.74. The lowest BCUT2D eigenvalue weighted by atomic mass is 9.85. The van der Waals surface area contributed by atoms with Gasteiger partial charge in [0.25, 0.3) is 0 Å². The third-order valence-electron chi connectivity index (χ3n) is 3.11. The summed E-state index contributed by atoms with van der Waals surface area (Å²) in [5.74, 6) is -1.51. The maximum atomic E-state index is 13.2. The van der Waals surface area contributed by atoms with Crippen LogP contribution < -0.4 is 5.32 Å². The van der Waals surface area contributed by atoms with Gasteiger partial charge in [0.15, 0.2) is 11.6 Å². The standard InChI is InChI=1S/C13H19F2NO/c1-8(2)10(7-17)13(16-3)9-4-5-11(14)12(15)6-9/h4-6,8,10,13,16-17H,7H2,1-3H3. The van der Waals surface area contributed by atoms with Crippen molar-refractivity contribution in [2.24, 2.45) is 11.8 Å². The predicted octanol–water partition coefficient (Wildman–Crippen LogP) is 2.49. The maximum Gasteiger partial charge on any atom is 0.159 e. The van der Waals surface area contributed by atoms with Crippen molar-refractivity contribution in [1.82, 2.24) is 5.32 Å². The molecule has 2 N–H and O–H groups in total. The summed E-state index contributed by atoms with van der Waals surface area (Å²) in [5, 5.41) is 12.4. The monoisotopic (exact) mass is 243 g/mol. The Balaban J connectivity index is 3.03. The lowest BCUT2D eigenvalue weighted by Gasteiger charge is -2.28. The van der Waals surface area contributed by atoms with Crippen LogP contribution >= 0.6 is 0 Å². The van der Waals surface area contributed by atoms with Gasteiger partial charge in [0, 0.05) is 18.6 Å². The minimum absolute atomic E-state index is 0.00215. The largest absolute Gasteiger partial charge is 0.396 e. The summed E-state index contributed by atoms with van der Waals surface area (Å²) in [6.07, 6.45) is 0. The predicted molar refractivity (Wildman–Crippen MR) is 63.6 cm³/mol. The number of aliphatic hydroxyl groups excluding tert-OH is 1. The molecule has 2 unspecified atom stereocenters. The van der Waals surface area contributed by atoms with E-state index in [9.17, 15) is 13.9 Å². The number of hydrogen-bond donors (Lipinski definition) is 2. The molecule has 2 nitrogen and oxygen atoms in total. The third-order valence-corrected chi connectivity index (χ3v) is 3.11. The minimum Gasteiger partial charge on any atom is -0.396 e. The second-order valence-corrected chi connectivity index (χ2v) is 4.53. The summed E-state index contributed by atoms with van der Waals surface area (Å²) in [7, 11) is 1.75. The van der Waals surface area contributed by atoms with E-state index in [0.717, 1.165) is 6.07 Å². The van der Waals surface area contributed by atoms with Crippen LogP contribution in [0.2, 0.25) is 0 Å². The molecule has 0 fully saturated rings. The van der Waals surface area contributed by atoms with Gasteiger partial charge in [0.2, 0.25) is 0 Å². The van der Waals surface area contributed by atoms with Crippen molar-refractivity contribution in [3.05, 3.63) is 35.4 Å². The highest BCUT2D eigenvalue weighted by Crippen LogP contribution is 2.28. The van der Waals surface area contributed by atoms with Crippen LogP contribution in [0.5, 0.6) is 0 Å². The molecule has 17 heavy (non-hydrogen) atoms. The number of nitrogens with one attached hydrogen (secondary N) is 1. The van der Waals surface area contributed by atoms with Gasteiger partial charge in [-0.05, 0) is 30.7 Å². The minimum atomic E-state index is -0.858. The van der Waals surface area contributed by atoms with Gasteiger partial charge in [-0.1, -0.05) is 19.9 Å². The van der Waals surface area contributed by atoms with Gasteiger partial charge in [-0.2, -0.15) is 0 Å². The molecule has 0 saturated heterocycles. The molecule has 0 radical (unpaired) electrons. The number of hydrogen-bond acceptors (Lipinski definition) is 2. The maximum absolute atomic E-state index is 13.2. The van der Waals surface area contributed by atoms with Crippen LogP contribution in [-0.4, -0.2) is 18.8 Å². The molecule has 1 rings (SSSR count). The van der Waals surface area contributed by atoms with E-state index in [1.807, 2.05) is 13.8 Å². The van der Waals surface area contributed by atoms with Gasteiger partial charge >= 0.3 is 0 Å². The summed E-state index contributed by atoms with van der Waals surface area (Å²) < 4.78 is 26.0. The smallest absolute Gasteiger partial charge is 0.159 e. The molecular weight excluding hydrogens is 224 g/mol. The Labute approximate surface area is 101 Å². The summed E-state index contributed by atoms with van der Waals surface area (Å²) in [5.41, 5.74) is 0.652. The van der Waals surface area contributed by atoms with Gasteiger partial charge in [-0.15, -0.1) is 0 Å². The quantitative estimate of drug-likeness (QED) is 0.832. The second kappa shape index (κ2) is 6.07. The first kappa shape index (κ1) is 14.1. The van der Waals surface area contributed by atoms with Gasteiger partial charge in [0.05, 0.1) is 0 Å². The summed E-state index contributed by atoms with van der Waals surface area (Å²) in [4.78, 5) is 0. The van der Waals surface area contributed by atoms with Crippen molar-refractivity contribution in [2.75, 3.05) is 13.7 Å². The zero-order chi connectivity index (χ0) is 13.0. The van der Waals surface area contributed by atoms with Gasteiger partial charge < -0.3 is 10.4 Å². The number of benzene rings is 1. The molecule has 1 aromatic carbocycles. The van der Waals surface area contributed by atoms with Crippen LogP contribution in [0.3, 0.4) is 0 Å². The van der Waals surface area contributed by atoms with Gasteiger partial charge in [-0.3, -0.25) is 0 Å². The van der Waals surface area contributed by atoms with E-state index in [1.54, 1.807) is 13.1 Å². The van der Waals surface area contributed by atoms with E-state index in [1.165, 1.54) is 6.07 Å². The third kappa shape index (κ3) is 3.23. The van der Waals surface area contributed by atoms with Crippen molar-refractivity contribution in [3.8, 4) is 0 Å². The molecule has 0 heterocycles. The summed E-state index contributed by atoms with van der Waals surface area (Å²) in [6.45, 7) is 3.98. The van der Waals surface area contributed by atoms with E-state index < -0.39 is 11.6 Å². The number of halogens is 2. The zero-order valence-electron chi connectivity index (χ0n) is 10.4. The molecule has 0 saturated carbocycles. The van der Waals surface area contributed by atoms with Crippen LogP contribution in [0.15, 0.2) is 18.2 Å². The Morgan fingerprint density at radius 3 is 2.29 bits per heavy atom. The normalized spacial score (nSPS) is 15.0. The molecule has 96 valence electrons. The molecular formula is C13H19F2NO. The fourth-order valence-corrected chi connectivity index (χ4v) is 2.03. The number of aliphatic hydroxyl groups is 1. The Kier molecular flexibility index (Phi) is 5.02. The summed E-state index contributed by atoms with van der Waals surface area (Å²) in [6, 6.07) is 3.66. The van der Waals surface area contributed by atoms with Crippen LogP contribution in [-0.2, 0) is 0 Å². The Hall–Kier alpha value is -1.00. The van der Waals surface area contributed by atoms with E-state index in [-0.39, 0.29) is 24.5 Å². The fourth-order valence-electron chi connectivity index (χ4n) is 2.03. The highest BCUT2D eigenvalue weighted by atomic mass is 19.2. The van der Waals surface area contributed by atoms with E-state index >= 15 is 0 Å². The van der Waals surface area contributed by atoms with Crippen molar-refractivity contribution in [3.63, 3.8) is 0 Å². The topological polar surface area (TPSA) is 32.3 Å². The molecule has 0 spiro atoms. The molecule has 4 heteroatoms. The Morgan fingerprint density at radius 1 is 1.24 bits per heavy atom. The highest BCUT2D eigenvalue weighted by molar-refractivity contribution is 5.22. The van der Waals surface area contributed by atoms with Crippen LogP contribution in [0, 0.1) is 23.5 Å². The lowest BCUT2D eigenvalue weighted by Crippen LogP contribution is -2.31. The Bertz CT molecular complexity index is 368. The van der Waals surface area contributed by atoms with Crippen molar-refractivity contribution < 1.29 is 13.9 Å². The lowest BCUT2D eigenvalue weighted by molar-refractivity contribution is 0.154. The first-order valence-electron chi connectivity index (χ1n) is 5.74. The fraction of sp³-hybridized carbons (Fsp3) is 0.538. The van der Waals surface area contributed by atoms with E-state index in [0.29, 0.717) is 5.56 Å². The average molecular weight is 243 g/mol. The van der Waals surface area contributed by atoms with Crippen LogP contribution in [0.4, 0.5) is 8.78 Å². The van der Waals surface area contributed by atoms with Crippen molar-refractivity contribution >= 4 is 0 Å². The molecule has 0 aliphatic carbocycles. The summed E-state index contributed by atoms with van der Waals surface area (Å²) >= 11 is 0. The van der Waals surface area contributed by atoms with Crippen LogP contribution in [0.25, 0.3) is 0 Å². The molecule has 0 aliphatic rings. The van der Waals surface area contributed by atoms with E-state index in [2.05, 4.69) is 5.32 Å². The van der Waals surface area contributed by atoms with Crippen molar-refractivity contribution in [1.29, 1.82) is 0 Å².